The Labute approximate surface area is 104 Å². The molecule has 1 N–H and O–H groups in total. The van der Waals surface area contributed by atoms with Crippen LogP contribution in [0.15, 0.2) is 18.5 Å². The number of aromatic nitrogens is 1. The molecule has 3 heteroatoms. The SMILES string of the molecule is CC(C)(C)NCc1ccncc1OC1CCC1. The molecule has 2 rings (SSSR count). The Morgan fingerprint density at radius 2 is 2.18 bits per heavy atom. The van der Waals surface area contributed by atoms with Gasteiger partial charge in [0.05, 0.1) is 12.3 Å². The zero-order valence-corrected chi connectivity index (χ0v) is 11.0. The van der Waals surface area contributed by atoms with Gasteiger partial charge in [0.2, 0.25) is 0 Å². The van der Waals surface area contributed by atoms with Crippen molar-refractivity contribution in [3.63, 3.8) is 0 Å². The standard InChI is InChI=1S/C14H22N2O/c1-14(2,3)16-9-11-7-8-15-10-13(11)17-12-5-4-6-12/h7-8,10,12,16H,4-6,9H2,1-3H3. The molecule has 1 aliphatic rings. The van der Waals surface area contributed by atoms with Crippen molar-refractivity contribution in [1.29, 1.82) is 0 Å². The molecule has 3 nitrogen and oxygen atoms in total. The average Bonchev–Trinajstić information content (AvgIpc) is 2.21. The Morgan fingerprint density at radius 3 is 2.76 bits per heavy atom. The van der Waals surface area contributed by atoms with E-state index in [9.17, 15) is 0 Å². The molecule has 0 saturated heterocycles. The van der Waals surface area contributed by atoms with Crippen molar-refractivity contribution in [2.75, 3.05) is 0 Å². The van der Waals surface area contributed by atoms with Crippen LogP contribution in [-0.4, -0.2) is 16.6 Å². The molecule has 0 atom stereocenters. The summed E-state index contributed by atoms with van der Waals surface area (Å²) in [5.41, 5.74) is 1.32. The molecular formula is C14H22N2O. The first kappa shape index (κ1) is 12.4. The highest BCUT2D eigenvalue weighted by Gasteiger charge is 2.20. The fourth-order valence-corrected chi connectivity index (χ4v) is 1.69. The second-order valence-corrected chi connectivity index (χ2v) is 5.76. The molecule has 1 aliphatic carbocycles. The van der Waals surface area contributed by atoms with Crippen LogP contribution in [0.1, 0.15) is 45.6 Å². The molecule has 1 aromatic rings. The zero-order chi connectivity index (χ0) is 12.3. The van der Waals surface area contributed by atoms with Crippen LogP contribution in [0.2, 0.25) is 0 Å². The fourth-order valence-electron chi connectivity index (χ4n) is 1.69. The number of hydrogen-bond acceptors (Lipinski definition) is 3. The lowest BCUT2D eigenvalue weighted by Gasteiger charge is -2.28. The first-order chi connectivity index (χ1) is 8.04. The molecular weight excluding hydrogens is 212 g/mol. The zero-order valence-electron chi connectivity index (χ0n) is 11.0. The van der Waals surface area contributed by atoms with E-state index in [0.717, 1.165) is 12.3 Å². The van der Waals surface area contributed by atoms with Gasteiger partial charge in [0, 0.05) is 23.8 Å². The van der Waals surface area contributed by atoms with Gasteiger partial charge in [-0.3, -0.25) is 4.98 Å². The number of nitrogens with zero attached hydrogens (tertiary/aromatic N) is 1. The number of nitrogens with one attached hydrogen (secondary N) is 1. The fraction of sp³-hybridized carbons (Fsp3) is 0.643. The summed E-state index contributed by atoms with van der Waals surface area (Å²) in [5, 5.41) is 3.48. The summed E-state index contributed by atoms with van der Waals surface area (Å²) in [7, 11) is 0. The Bertz CT molecular complexity index is 367. The summed E-state index contributed by atoms with van der Waals surface area (Å²) in [6.07, 6.45) is 7.72. The van der Waals surface area contributed by atoms with E-state index in [2.05, 4.69) is 31.1 Å². The molecule has 1 saturated carbocycles. The highest BCUT2D eigenvalue weighted by Crippen LogP contribution is 2.27. The molecule has 94 valence electrons. The van der Waals surface area contributed by atoms with Crippen molar-refractivity contribution >= 4 is 0 Å². The van der Waals surface area contributed by atoms with Crippen molar-refractivity contribution in [1.82, 2.24) is 10.3 Å². The van der Waals surface area contributed by atoms with E-state index < -0.39 is 0 Å². The summed E-state index contributed by atoms with van der Waals surface area (Å²) < 4.78 is 5.94. The largest absolute Gasteiger partial charge is 0.488 e. The second kappa shape index (κ2) is 5.05. The smallest absolute Gasteiger partial charge is 0.142 e. The summed E-state index contributed by atoms with van der Waals surface area (Å²) in [6, 6.07) is 2.03. The van der Waals surface area contributed by atoms with Gasteiger partial charge in [-0.2, -0.15) is 0 Å². The predicted octanol–water partition coefficient (Wildman–Crippen LogP) is 2.90. The lowest BCUT2D eigenvalue weighted by Crippen LogP contribution is -2.35. The van der Waals surface area contributed by atoms with Gasteiger partial charge in [-0.1, -0.05) is 0 Å². The van der Waals surface area contributed by atoms with Gasteiger partial charge in [-0.25, -0.2) is 0 Å². The van der Waals surface area contributed by atoms with Crippen LogP contribution in [0.3, 0.4) is 0 Å². The lowest BCUT2D eigenvalue weighted by molar-refractivity contribution is 0.118. The van der Waals surface area contributed by atoms with Gasteiger partial charge in [0.15, 0.2) is 0 Å². The predicted molar refractivity (Wildman–Crippen MR) is 69.1 cm³/mol. The van der Waals surface area contributed by atoms with Crippen LogP contribution in [0.5, 0.6) is 5.75 Å². The van der Waals surface area contributed by atoms with E-state index >= 15 is 0 Å². The molecule has 0 aliphatic heterocycles. The van der Waals surface area contributed by atoms with Crippen LogP contribution in [0.4, 0.5) is 0 Å². The third-order valence-electron chi connectivity index (χ3n) is 3.03. The first-order valence-electron chi connectivity index (χ1n) is 6.39. The second-order valence-electron chi connectivity index (χ2n) is 5.76. The minimum Gasteiger partial charge on any atom is -0.488 e. The molecule has 0 spiro atoms. The number of pyridine rings is 1. The van der Waals surface area contributed by atoms with Crippen molar-refractivity contribution in [3.8, 4) is 5.75 Å². The van der Waals surface area contributed by atoms with Gasteiger partial charge >= 0.3 is 0 Å². The van der Waals surface area contributed by atoms with Crippen molar-refractivity contribution in [2.45, 2.75) is 58.2 Å². The molecule has 0 radical (unpaired) electrons. The summed E-state index contributed by atoms with van der Waals surface area (Å²) in [6.45, 7) is 7.33. The van der Waals surface area contributed by atoms with Crippen LogP contribution < -0.4 is 10.1 Å². The third-order valence-corrected chi connectivity index (χ3v) is 3.03. The Hall–Kier alpha value is -1.09. The van der Waals surface area contributed by atoms with Gasteiger partial charge in [0.25, 0.3) is 0 Å². The average molecular weight is 234 g/mol. The Balaban J connectivity index is 1.99. The minimum atomic E-state index is 0.122. The molecule has 17 heavy (non-hydrogen) atoms. The third kappa shape index (κ3) is 3.70. The number of rotatable bonds is 4. The van der Waals surface area contributed by atoms with E-state index in [-0.39, 0.29) is 5.54 Å². The van der Waals surface area contributed by atoms with E-state index in [4.69, 9.17) is 4.74 Å². The monoisotopic (exact) mass is 234 g/mol. The highest BCUT2D eigenvalue weighted by atomic mass is 16.5. The van der Waals surface area contributed by atoms with Crippen LogP contribution >= 0.6 is 0 Å². The molecule has 0 bridgehead atoms. The van der Waals surface area contributed by atoms with Crippen LogP contribution in [-0.2, 0) is 6.54 Å². The quantitative estimate of drug-likeness (QED) is 0.869. The molecule has 1 aromatic heterocycles. The number of ether oxygens (including phenoxy) is 1. The molecule has 0 amide bonds. The topological polar surface area (TPSA) is 34.2 Å². The molecule has 1 heterocycles. The first-order valence-corrected chi connectivity index (χ1v) is 6.39. The maximum absolute atomic E-state index is 5.94. The highest BCUT2D eigenvalue weighted by molar-refractivity contribution is 5.30. The van der Waals surface area contributed by atoms with E-state index in [1.807, 2.05) is 18.5 Å². The van der Waals surface area contributed by atoms with E-state index in [0.29, 0.717) is 6.10 Å². The van der Waals surface area contributed by atoms with Gasteiger partial charge < -0.3 is 10.1 Å². The molecule has 0 aromatic carbocycles. The lowest BCUT2D eigenvalue weighted by atomic mass is 9.96. The summed E-state index contributed by atoms with van der Waals surface area (Å²) in [4.78, 5) is 4.15. The van der Waals surface area contributed by atoms with E-state index in [1.165, 1.54) is 24.8 Å². The van der Waals surface area contributed by atoms with Gasteiger partial charge in [0.1, 0.15) is 5.75 Å². The maximum atomic E-state index is 5.94. The Kier molecular flexibility index (Phi) is 3.67. The summed E-state index contributed by atoms with van der Waals surface area (Å²) in [5.74, 6) is 0.939. The van der Waals surface area contributed by atoms with Crippen LogP contribution in [0.25, 0.3) is 0 Å². The van der Waals surface area contributed by atoms with E-state index in [1.54, 1.807) is 0 Å². The normalized spacial score (nSPS) is 16.6. The van der Waals surface area contributed by atoms with Gasteiger partial charge in [-0.15, -0.1) is 0 Å². The number of hydrogen-bond donors (Lipinski definition) is 1. The van der Waals surface area contributed by atoms with Gasteiger partial charge in [-0.05, 0) is 46.1 Å². The van der Waals surface area contributed by atoms with Crippen LogP contribution in [0, 0.1) is 0 Å². The minimum absolute atomic E-state index is 0.122. The molecule has 1 fully saturated rings. The maximum Gasteiger partial charge on any atom is 0.142 e. The van der Waals surface area contributed by atoms with Crippen molar-refractivity contribution in [3.05, 3.63) is 24.0 Å². The van der Waals surface area contributed by atoms with Crippen molar-refractivity contribution < 1.29 is 4.74 Å². The van der Waals surface area contributed by atoms with Crippen molar-refractivity contribution in [2.24, 2.45) is 0 Å². The molecule has 0 unspecified atom stereocenters. The Morgan fingerprint density at radius 1 is 1.41 bits per heavy atom. The summed E-state index contributed by atoms with van der Waals surface area (Å²) >= 11 is 0.